The minimum Gasteiger partial charge on any atom is -0.292 e. The van der Waals surface area contributed by atoms with E-state index in [1.165, 1.54) is 12.8 Å². The highest BCUT2D eigenvalue weighted by Crippen LogP contribution is 2.22. The van der Waals surface area contributed by atoms with E-state index in [9.17, 15) is 4.79 Å². The molecule has 14 heavy (non-hydrogen) atoms. The van der Waals surface area contributed by atoms with Gasteiger partial charge in [-0.05, 0) is 18.3 Å². The summed E-state index contributed by atoms with van der Waals surface area (Å²) >= 11 is 0. The Balaban J connectivity index is 3.26. The van der Waals surface area contributed by atoms with Gasteiger partial charge in [-0.15, -0.1) is 0 Å². The Morgan fingerprint density at radius 3 is 2.29 bits per heavy atom. The summed E-state index contributed by atoms with van der Waals surface area (Å²) < 4.78 is 0. The molecule has 0 aliphatic heterocycles. The first kappa shape index (κ1) is 13.4. The van der Waals surface area contributed by atoms with Crippen molar-refractivity contribution in [2.24, 2.45) is 5.41 Å². The molecule has 0 bridgehead atoms. The van der Waals surface area contributed by atoms with Crippen LogP contribution in [0.5, 0.6) is 0 Å². The Bertz CT molecular complexity index is 161. The highest BCUT2D eigenvalue weighted by molar-refractivity contribution is 5.75. The minimum absolute atomic E-state index is 0.0864. The van der Waals surface area contributed by atoms with Crippen LogP contribution < -0.4 is 10.9 Å². The smallest absolute Gasteiger partial charge is 0.234 e. The molecule has 3 heteroatoms. The molecule has 0 aromatic heterocycles. The first-order valence-corrected chi connectivity index (χ1v) is 5.41. The number of rotatable bonds is 6. The third kappa shape index (κ3) is 9.52. The van der Waals surface area contributed by atoms with Crippen LogP contribution in [-0.4, -0.2) is 13.0 Å². The second kappa shape index (κ2) is 6.82. The predicted octanol–water partition coefficient (Wildman–Crippen LogP) is 2.23. The maximum atomic E-state index is 11.0. The minimum atomic E-state index is 0.0864. The number of carbonyl (C=O) groups excluding carboxylic acids is 1. The molecule has 0 aliphatic carbocycles. The molecule has 3 nitrogen and oxygen atoms in total. The Kier molecular flexibility index (Phi) is 6.54. The lowest BCUT2D eigenvalue weighted by Gasteiger charge is -2.17. The molecule has 0 spiro atoms. The first-order valence-electron chi connectivity index (χ1n) is 5.41. The predicted molar refractivity (Wildman–Crippen MR) is 59.7 cm³/mol. The molecule has 0 saturated heterocycles. The number of unbranched alkanes of at least 4 members (excludes halogenated alkanes) is 2. The first-order chi connectivity index (χ1) is 6.45. The topological polar surface area (TPSA) is 41.1 Å². The van der Waals surface area contributed by atoms with Gasteiger partial charge in [0.05, 0.1) is 0 Å². The van der Waals surface area contributed by atoms with Gasteiger partial charge in [0.1, 0.15) is 0 Å². The van der Waals surface area contributed by atoms with Crippen molar-refractivity contribution in [1.29, 1.82) is 0 Å². The molecule has 0 aromatic carbocycles. The summed E-state index contributed by atoms with van der Waals surface area (Å²) in [6.07, 6.45) is 5.22. The molecule has 0 aliphatic rings. The monoisotopic (exact) mass is 200 g/mol. The summed E-state index contributed by atoms with van der Waals surface area (Å²) in [5.74, 6) is 0.0864. The molecule has 2 N–H and O–H groups in total. The van der Waals surface area contributed by atoms with Gasteiger partial charge in [-0.3, -0.25) is 10.2 Å². The van der Waals surface area contributed by atoms with E-state index < -0.39 is 0 Å². The van der Waals surface area contributed by atoms with Gasteiger partial charge in [-0.2, -0.15) is 0 Å². The normalized spacial score (nSPS) is 11.4. The van der Waals surface area contributed by atoms with Crippen LogP contribution in [0.1, 0.15) is 52.9 Å². The molecular formula is C11H24N2O. The van der Waals surface area contributed by atoms with Crippen LogP contribution in [0.4, 0.5) is 0 Å². The van der Waals surface area contributed by atoms with Gasteiger partial charge in [0.25, 0.3) is 0 Å². The average Bonchev–Trinajstić information content (AvgIpc) is 2.02. The van der Waals surface area contributed by atoms with Crippen molar-refractivity contribution >= 4 is 5.91 Å². The SMILES string of the molecule is CNNC(=O)CCCCCC(C)(C)C. The van der Waals surface area contributed by atoms with Crippen LogP contribution in [0.25, 0.3) is 0 Å². The van der Waals surface area contributed by atoms with Crippen molar-refractivity contribution < 1.29 is 4.79 Å². The van der Waals surface area contributed by atoms with Gasteiger partial charge >= 0.3 is 0 Å². The van der Waals surface area contributed by atoms with Gasteiger partial charge in [0, 0.05) is 13.5 Å². The Labute approximate surface area is 87.6 Å². The standard InChI is InChI=1S/C11H24N2O/c1-11(2,3)9-7-5-6-8-10(14)13-12-4/h12H,5-9H2,1-4H3,(H,13,14). The summed E-state index contributed by atoms with van der Waals surface area (Å²) in [4.78, 5) is 11.0. The number of hydrogen-bond acceptors (Lipinski definition) is 2. The molecule has 0 fully saturated rings. The van der Waals surface area contributed by atoms with Crippen molar-refractivity contribution in [2.75, 3.05) is 7.05 Å². The summed E-state index contributed by atoms with van der Waals surface area (Å²) in [6.45, 7) is 6.75. The fourth-order valence-electron chi connectivity index (χ4n) is 1.32. The van der Waals surface area contributed by atoms with Gasteiger partial charge in [-0.25, -0.2) is 5.43 Å². The molecule has 84 valence electrons. The van der Waals surface area contributed by atoms with E-state index in [1.807, 2.05) is 0 Å². The van der Waals surface area contributed by atoms with Gasteiger partial charge in [0.2, 0.25) is 5.91 Å². The van der Waals surface area contributed by atoms with Crippen molar-refractivity contribution in [3.8, 4) is 0 Å². The zero-order chi connectivity index (χ0) is 11.0. The van der Waals surface area contributed by atoms with E-state index in [0.717, 1.165) is 12.8 Å². The van der Waals surface area contributed by atoms with E-state index in [4.69, 9.17) is 0 Å². The maximum absolute atomic E-state index is 11.0. The van der Waals surface area contributed by atoms with Crippen molar-refractivity contribution in [1.82, 2.24) is 10.9 Å². The fourth-order valence-corrected chi connectivity index (χ4v) is 1.32. The third-order valence-electron chi connectivity index (χ3n) is 2.10. The average molecular weight is 200 g/mol. The number of hydrogen-bond donors (Lipinski definition) is 2. The van der Waals surface area contributed by atoms with E-state index >= 15 is 0 Å². The highest BCUT2D eigenvalue weighted by atomic mass is 16.2. The summed E-state index contributed by atoms with van der Waals surface area (Å²) in [7, 11) is 1.71. The van der Waals surface area contributed by atoms with Gasteiger partial charge < -0.3 is 0 Å². The van der Waals surface area contributed by atoms with Crippen LogP contribution in [0.3, 0.4) is 0 Å². The number of hydrazine groups is 1. The molecule has 0 radical (unpaired) electrons. The molecule has 0 atom stereocenters. The lowest BCUT2D eigenvalue weighted by Crippen LogP contribution is -2.33. The van der Waals surface area contributed by atoms with E-state index in [2.05, 4.69) is 31.6 Å². The molecule has 0 saturated carbocycles. The number of carbonyl (C=O) groups is 1. The summed E-state index contributed by atoms with van der Waals surface area (Å²) in [5, 5.41) is 0. The lowest BCUT2D eigenvalue weighted by atomic mass is 9.89. The number of nitrogens with one attached hydrogen (secondary N) is 2. The second-order valence-corrected chi connectivity index (χ2v) is 4.92. The summed E-state index contributed by atoms with van der Waals surface area (Å²) in [5.41, 5.74) is 5.62. The van der Waals surface area contributed by atoms with Crippen LogP contribution in [-0.2, 0) is 4.79 Å². The maximum Gasteiger partial charge on any atom is 0.234 e. The van der Waals surface area contributed by atoms with Gasteiger partial charge in [0.15, 0.2) is 0 Å². The Hall–Kier alpha value is -0.570. The second-order valence-electron chi connectivity index (χ2n) is 4.92. The Morgan fingerprint density at radius 2 is 1.79 bits per heavy atom. The van der Waals surface area contributed by atoms with Crippen molar-refractivity contribution in [3.63, 3.8) is 0 Å². The van der Waals surface area contributed by atoms with E-state index in [1.54, 1.807) is 7.05 Å². The van der Waals surface area contributed by atoms with Crippen LogP contribution in [0.15, 0.2) is 0 Å². The van der Waals surface area contributed by atoms with Crippen LogP contribution >= 0.6 is 0 Å². The molecule has 0 rings (SSSR count). The van der Waals surface area contributed by atoms with Gasteiger partial charge in [-0.1, -0.05) is 33.6 Å². The van der Waals surface area contributed by atoms with Crippen molar-refractivity contribution in [2.45, 2.75) is 52.9 Å². The third-order valence-corrected chi connectivity index (χ3v) is 2.10. The zero-order valence-corrected chi connectivity index (χ0v) is 9.94. The molecule has 0 heterocycles. The lowest BCUT2D eigenvalue weighted by molar-refractivity contribution is -0.122. The van der Waals surface area contributed by atoms with E-state index in [-0.39, 0.29) is 5.91 Å². The summed E-state index contributed by atoms with van der Waals surface area (Å²) in [6, 6.07) is 0. The van der Waals surface area contributed by atoms with E-state index in [0.29, 0.717) is 11.8 Å². The molecular weight excluding hydrogens is 176 g/mol. The largest absolute Gasteiger partial charge is 0.292 e. The molecule has 0 aromatic rings. The van der Waals surface area contributed by atoms with Crippen LogP contribution in [0, 0.1) is 5.41 Å². The Morgan fingerprint density at radius 1 is 1.14 bits per heavy atom. The molecule has 0 unspecified atom stereocenters. The van der Waals surface area contributed by atoms with Crippen LogP contribution in [0.2, 0.25) is 0 Å². The fraction of sp³-hybridized carbons (Fsp3) is 0.909. The zero-order valence-electron chi connectivity index (χ0n) is 9.94. The highest BCUT2D eigenvalue weighted by Gasteiger charge is 2.09. The van der Waals surface area contributed by atoms with Crippen molar-refractivity contribution in [3.05, 3.63) is 0 Å². The molecule has 1 amide bonds. The number of amides is 1. The quantitative estimate of drug-likeness (QED) is 0.510.